The van der Waals surface area contributed by atoms with Crippen molar-refractivity contribution in [2.24, 2.45) is 0 Å². The van der Waals surface area contributed by atoms with Gasteiger partial charge in [-0.1, -0.05) is 54.6 Å². The highest BCUT2D eigenvalue weighted by Crippen LogP contribution is 2.40. The second kappa shape index (κ2) is 7.06. The smallest absolute Gasteiger partial charge is 0.141 e. The van der Waals surface area contributed by atoms with E-state index in [1.807, 2.05) is 42.5 Å². The molecule has 0 aliphatic carbocycles. The van der Waals surface area contributed by atoms with E-state index in [4.69, 9.17) is 4.42 Å². The first-order chi connectivity index (χ1) is 16.8. The highest BCUT2D eigenvalue weighted by atomic mass is 16.3. The van der Waals surface area contributed by atoms with Crippen molar-refractivity contribution in [3.05, 3.63) is 109 Å². The van der Waals surface area contributed by atoms with E-state index in [-0.39, 0.29) is 0 Å². The maximum atomic E-state index is 9.38. The van der Waals surface area contributed by atoms with Gasteiger partial charge in [0.25, 0.3) is 0 Å². The van der Waals surface area contributed by atoms with Crippen molar-refractivity contribution < 1.29 is 4.42 Å². The Labute approximate surface area is 194 Å². The molecule has 0 unspecified atom stereocenters. The molecule has 158 valence electrons. The van der Waals surface area contributed by atoms with Gasteiger partial charge in [0.2, 0.25) is 0 Å². The summed E-state index contributed by atoms with van der Waals surface area (Å²) in [5.41, 5.74) is 7.39. The molecule has 0 atom stereocenters. The predicted molar refractivity (Wildman–Crippen MR) is 136 cm³/mol. The van der Waals surface area contributed by atoms with Gasteiger partial charge in [-0.05, 0) is 42.0 Å². The maximum Gasteiger partial charge on any atom is 0.141 e. The van der Waals surface area contributed by atoms with Gasteiger partial charge < -0.3 is 8.98 Å². The van der Waals surface area contributed by atoms with Crippen molar-refractivity contribution in [3.8, 4) is 22.9 Å². The number of fused-ring (bicyclic) bond motifs is 6. The number of rotatable bonds is 2. The molecule has 0 radical (unpaired) electrons. The van der Waals surface area contributed by atoms with Crippen LogP contribution in [0.1, 0.15) is 5.69 Å². The Balaban J connectivity index is 1.61. The molecule has 3 aromatic heterocycles. The van der Waals surface area contributed by atoms with Crippen LogP contribution in [0.5, 0.6) is 0 Å². The van der Waals surface area contributed by atoms with Gasteiger partial charge in [0.15, 0.2) is 0 Å². The summed E-state index contributed by atoms with van der Waals surface area (Å²) in [6.45, 7) is 0. The van der Waals surface area contributed by atoms with Crippen LogP contribution in [0.2, 0.25) is 0 Å². The number of furan rings is 1. The van der Waals surface area contributed by atoms with Crippen LogP contribution < -0.4 is 0 Å². The third-order valence-electron chi connectivity index (χ3n) is 6.50. The van der Waals surface area contributed by atoms with Gasteiger partial charge in [-0.2, -0.15) is 5.26 Å². The fraction of sp³-hybridized carbons (Fsp3) is 0. The summed E-state index contributed by atoms with van der Waals surface area (Å²) in [7, 11) is 0. The molecule has 7 aromatic rings. The molecule has 0 aliphatic heterocycles. The van der Waals surface area contributed by atoms with Crippen molar-refractivity contribution in [2.45, 2.75) is 0 Å². The summed E-state index contributed by atoms with van der Waals surface area (Å²) in [5, 5.41) is 14.0. The van der Waals surface area contributed by atoms with E-state index >= 15 is 0 Å². The average Bonchev–Trinajstić information content (AvgIpc) is 3.42. The molecule has 7 rings (SSSR count). The summed E-state index contributed by atoms with van der Waals surface area (Å²) < 4.78 is 8.53. The third kappa shape index (κ3) is 2.61. The Morgan fingerprint density at radius 2 is 1.47 bits per heavy atom. The van der Waals surface area contributed by atoms with Crippen molar-refractivity contribution in [1.82, 2.24) is 9.55 Å². The number of pyridine rings is 1. The first kappa shape index (κ1) is 18.7. The Hall–Kier alpha value is -4.88. The first-order valence-electron chi connectivity index (χ1n) is 11.1. The lowest BCUT2D eigenvalue weighted by atomic mass is 10.0. The van der Waals surface area contributed by atoms with Crippen molar-refractivity contribution >= 4 is 43.7 Å². The number of nitriles is 1. The molecule has 0 amide bonds. The fourth-order valence-electron chi connectivity index (χ4n) is 5.02. The van der Waals surface area contributed by atoms with Gasteiger partial charge in [-0.25, -0.2) is 4.98 Å². The highest BCUT2D eigenvalue weighted by molar-refractivity contribution is 6.17. The molecular formula is C30H17N3O. The normalized spacial score (nSPS) is 11.5. The summed E-state index contributed by atoms with van der Waals surface area (Å²) in [6, 6.07) is 35.3. The van der Waals surface area contributed by atoms with Gasteiger partial charge >= 0.3 is 0 Å². The SMILES string of the molecule is N#Cc1cc(-c2ccccc2-n2c3ccccc3c3cc4c(cc32)oc2ccccc24)ccn1. The minimum Gasteiger partial charge on any atom is -0.456 e. The molecule has 0 spiro atoms. The monoisotopic (exact) mass is 435 g/mol. The zero-order valence-electron chi connectivity index (χ0n) is 18.1. The Morgan fingerprint density at radius 1 is 0.676 bits per heavy atom. The fourth-order valence-corrected chi connectivity index (χ4v) is 5.02. The van der Waals surface area contributed by atoms with Crippen LogP contribution >= 0.6 is 0 Å². The van der Waals surface area contributed by atoms with Crippen LogP contribution in [0.3, 0.4) is 0 Å². The van der Waals surface area contributed by atoms with Gasteiger partial charge in [-0.3, -0.25) is 0 Å². The van der Waals surface area contributed by atoms with Gasteiger partial charge in [-0.15, -0.1) is 0 Å². The Kier molecular flexibility index (Phi) is 3.88. The van der Waals surface area contributed by atoms with Gasteiger partial charge in [0.1, 0.15) is 22.9 Å². The van der Waals surface area contributed by atoms with E-state index in [1.165, 1.54) is 10.8 Å². The number of benzene rings is 4. The zero-order chi connectivity index (χ0) is 22.6. The summed E-state index contributed by atoms with van der Waals surface area (Å²) in [4.78, 5) is 4.15. The molecule has 3 heterocycles. The topological polar surface area (TPSA) is 54.8 Å². The van der Waals surface area contributed by atoms with Gasteiger partial charge in [0, 0.05) is 39.4 Å². The minimum absolute atomic E-state index is 0.401. The molecule has 0 bridgehead atoms. The molecule has 0 aliphatic rings. The molecular weight excluding hydrogens is 418 g/mol. The van der Waals surface area contributed by atoms with Crippen LogP contribution in [0, 0.1) is 11.3 Å². The quantitative estimate of drug-likeness (QED) is 0.281. The van der Waals surface area contributed by atoms with Crippen LogP contribution in [-0.2, 0) is 0 Å². The highest BCUT2D eigenvalue weighted by Gasteiger charge is 2.18. The molecule has 0 saturated heterocycles. The largest absolute Gasteiger partial charge is 0.456 e. The predicted octanol–water partition coefficient (Wildman–Crippen LogP) is 7.62. The van der Waals surface area contributed by atoms with Crippen LogP contribution in [-0.4, -0.2) is 9.55 Å². The van der Waals surface area contributed by atoms with Crippen molar-refractivity contribution in [1.29, 1.82) is 5.26 Å². The third-order valence-corrected chi connectivity index (χ3v) is 6.50. The standard InChI is InChI=1S/C30H17N3O/c31-18-20-15-19(13-14-32-20)21-7-1-4-10-26(21)33-27-11-5-2-8-22(27)24-16-25-23-9-3-6-12-29(23)34-30(25)17-28(24)33/h1-17H. The number of para-hydroxylation sites is 3. The Bertz CT molecular complexity index is 1930. The summed E-state index contributed by atoms with van der Waals surface area (Å²) in [6.07, 6.45) is 1.69. The van der Waals surface area contributed by atoms with Crippen molar-refractivity contribution in [3.63, 3.8) is 0 Å². The second-order valence-corrected chi connectivity index (χ2v) is 8.38. The number of hydrogen-bond acceptors (Lipinski definition) is 3. The van der Waals surface area contributed by atoms with Gasteiger partial charge in [0.05, 0.1) is 16.7 Å². The molecule has 4 heteroatoms. The van der Waals surface area contributed by atoms with E-state index in [1.54, 1.807) is 6.20 Å². The van der Waals surface area contributed by atoms with Crippen LogP contribution in [0.25, 0.3) is 60.6 Å². The lowest BCUT2D eigenvalue weighted by molar-refractivity contribution is 0.669. The second-order valence-electron chi connectivity index (χ2n) is 8.38. The van der Waals surface area contributed by atoms with Crippen LogP contribution in [0.4, 0.5) is 0 Å². The van der Waals surface area contributed by atoms with E-state index in [0.717, 1.165) is 49.8 Å². The average molecular weight is 435 g/mol. The molecule has 34 heavy (non-hydrogen) atoms. The molecule has 4 aromatic carbocycles. The zero-order valence-corrected chi connectivity index (χ0v) is 18.1. The van der Waals surface area contributed by atoms with E-state index in [2.05, 4.69) is 70.2 Å². The molecule has 4 nitrogen and oxygen atoms in total. The Morgan fingerprint density at radius 3 is 2.38 bits per heavy atom. The van der Waals surface area contributed by atoms with E-state index < -0.39 is 0 Å². The molecule has 0 saturated carbocycles. The van der Waals surface area contributed by atoms with Crippen LogP contribution in [0.15, 0.2) is 108 Å². The number of aromatic nitrogens is 2. The first-order valence-corrected chi connectivity index (χ1v) is 11.1. The molecule has 0 fully saturated rings. The van der Waals surface area contributed by atoms with Crippen molar-refractivity contribution in [2.75, 3.05) is 0 Å². The summed E-state index contributed by atoms with van der Waals surface area (Å²) in [5.74, 6) is 0. The number of hydrogen-bond donors (Lipinski definition) is 0. The lowest BCUT2D eigenvalue weighted by Gasteiger charge is -2.14. The van der Waals surface area contributed by atoms with E-state index in [0.29, 0.717) is 5.69 Å². The lowest BCUT2D eigenvalue weighted by Crippen LogP contribution is -1.97. The number of nitrogens with zero attached hydrogens (tertiary/aromatic N) is 3. The minimum atomic E-state index is 0.401. The molecule has 0 N–H and O–H groups in total. The van der Waals surface area contributed by atoms with E-state index in [9.17, 15) is 5.26 Å². The summed E-state index contributed by atoms with van der Waals surface area (Å²) >= 11 is 0. The maximum absolute atomic E-state index is 9.38.